The first-order valence-corrected chi connectivity index (χ1v) is 8.14. The lowest BCUT2D eigenvalue weighted by molar-refractivity contribution is -0.137. The first-order chi connectivity index (χ1) is 10.5. The monoisotopic (exact) mass is 312 g/mol. The van der Waals surface area contributed by atoms with Gasteiger partial charge in [-0.05, 0) is 68.9 Å². The van der Waals surface area contributed by atoms with Crippen molar-refractivity contribution in [1.82, 2.24) is 10.2 Å². The van der Waals surface area contributed by atoms with Crippen LogP contribution < -0.4 is 5.32 Å². The first kappa shape index (κ1) is 15.8. The minimum absolute atomic E-state index is 0.567. The molecule has 122 valence electrons. The number of rotatable bonds is 3. The third-order valence-electron chi connectivity index (χ3n) is 4.99. The molecule has 1 atom stereocenters. The highest BCUT2D eigenvalue weighted by atomic mass is 19.4. The number of nitrogens with one attached hydrogen (secondary N) is 1. The second-order valence-electron chi connectivity index (χ2n) is 6.51. The predicted molar refractivity (Wildman–Crippen MR) is 80.5 cm³/mol. The molecule has 0 spiro atoms. The average Bonchev–Trinajstić information content (AvgIpc) is 3.02. The van der Waals surface area contributed by atoms with E-state index < -0.39 is 11.7 Å². The van der Waals surface area contributed by atoms with Gasteiger partial charge in [-0.2, -0.15) is 13.2 Å². The van der Waals surface area contributed by atoms with Crippen molar-refractivity contribution in [3.8, 4) is 0 Å². The molecule has 0 radical (unpaired) electrons. The first-order valence-electron chi connectivity index (χ1n) is 8.14. The molecule has 0 saturated carbocycles. The van der Waals surface area contributed by atoms with Crippen LogP contribution in [0.2, 0.25) is 0 Å². The Morgan fingerprint density at radius 2 is 1.73 bits per heavy atom. The van der Waals surface area contributed by atoms with Gasteiger partial charge in [0.15, 0.2) is 0 Å². The van der Waals surface area contributed by atoms with Gasteiger partial charge in [-0.25, -0.2) is 0 Å². The fourth-order valence-corrected chi connectivity index (χ4v) is 3.68. The summed E-state index contributed by atoms with van der Waals surface area (Å²) < 4.78 is 37.7. The van der Waals surface area contributed by atoms with Crippen LogP contribution in [0.4, 0.5) is 13.2 Å². The standard InChI is InChI=1S/C17H23F3N2/c18-17(19,20)15-5-3-13(4-6-15)12-22-10-7-14(8-11-22)16-2-1-9-21-16/h3-6,14,16,21H,1-2,7-12H2. The molecule has 2 aliphatic heterocycles. The number of likely N-dealkylation sites (tertiary alicyclic amines) is 1. The van der Waals surface area contributed by atoms with Gasteiger partial charge in [-0.3, -0.25) is 4.90 Å². The Balaban J connectivity index is 1.50. The van der Waals surface area contributed by atoms with Crippen molar-refractivity contribution in [3.63, 3.8) is 0 Å². The van der Waals surface area contributed by atoms with Crippen molar-refractivity contribution in [2.45, 2.75) is 44.4 Å². The highest BCUT2D eigenvalue weighted by Crippen LogP contribution is 2.30. The van der Waals surface area contributed by atoms with Crippen LogP contribution in [0.5, 0.6) is 0 Å². The second-order valence-corrected chi connectivity index (χ2v) is 6.51. The lowest BCUT2D eigenvalue weighted by Gasteiger charge is -2.35. The largest absolute Gasteiger partial charge is 0.416 e. The van der Waals surface area contributed by atoms with Crippen LogP contribution in [0.3, 0.4) is 0 Å². The molecule has 2 aliphatic rings. The van der Waals surface area contributed by atoms with Crippen LogP contribution in [0, 0.1) is 5.92 Å². The van der Waals surface area contributed by atoms with Crippen LogP contribution in [-0.2, 0) is 12.7 Å². The number of hydrogen-bond acceptors (Lipinski definition) is 2. The van der Waals surface area contributed by atoms with Crippen LogP contribution in [0.25, 0.3) is 0 Å². The van der Waals surface area contributed by atoms with Gasteiger partial charge in [0.05, 0.1) is 5.56 Å². The number of piperidine rings is 1. The van der Waals surface area contributed by atoms with E-state index in [1.54, 1.807) is 12.1 Å². The molecule has 5 heteroatoms. The summed E-state index contributed by atoms with van der Waals surface area (Å²) in [5.74, 6) is 0.770. The summed E-state index contributed by atoms with van der Waals surface area (Å²) in [5, 5.41) is 3.59. The van der Waals surface area contributed by atoms with E-state index in [-0.39, 0.29) is 0 Å². The highest BCUT2D eigenvalue weighted by molar-refractivity contribution is 5.24. The number of halogens is 3. The summed E-state index contributed by atoms with van der Waals surface area (Å²) in [7, 11) is 0. The van der Waals surface area contributed by atoms with Crippen LogP contribution in [0.1, 0.15) is 36.8 Å². The average molecular weight is 312 g/mol. The summed E-state index contributed by atoms with van der Waals surface area (Å²) in [6.45, 7) is 3.99. The van der Waals surface area contributed by atoms with Gasteiger partial charge in [0.2, 0.25) is 0 Å². The molecule has 2 saturated heterocycles. The van der Waals surface area contributed by atoms with Gasteiger partial charge < -0.3 is 5.32 Å². The molecular weight excluding hydrogens is 289 g/mol. The SMILES string of the molecule is FC(F)(F)c1ccc(CN2CCC(C3CCCN3)CC2)cc1. The third kappa shape index (κ3) is 3.82. The van der Waals surface area contributed by atoms with Gasteiger partial charge in [0.1, 0.15) is 0 Å². The quantitative estimate of drug-likeness (QED) is 0.916. The molecule has 0 amide bonds. The summed E-state index contributed by atoms with van der Waals surface area (Å²) >= 11 is 0. The second kappa shape index (κ2) is 6.59. The van der Waals surface area contributed by atoms with Gasteiger partial charge in [0, 0.05) is 12.6 Å². The van der Waals surface area contributed by atoms with E-state index in [1.165, 1.54) is 37.8 Å². The van der Waals surface area contributed by atoms with Crippen molar-refractivity contribution in [1.29, 1.82) is 0 Å². The Labute approximate surface area is 129 Å². The molecule has 2 fully saturated rings. The van der Waals surface area contributed by atoms with Crippen LogP contribution in [0.15, 0.2) is 24.3 Å². The molecule has 3 rings (SSSR count). The molecule has 1 unspecified atom stereocenters. The third-order valence-corrected chi connectivity index (χ3v) is 4.99. The minimum Gasteiger partial charge on any atom is -0.314 e. The zero-order chi connectivity index (χ0) is 15.6. The van der Waals surface area contributed by atoms with E-state index in [0.717, 1.165) is 37.7 Å². The van der Waals surface area contributed by atoms with Gasteiger partial charge in [0.25, 0.3) is 0 Å². The normalized spacial score (nSPS) is 24.8. The molecule has 1 aromatic rings. The molecule has 0 aliphatic carbocycles. The summed E-state index contributed by atoms with van der Waals surface area (Å²) in [4.78, 5) is 2.36. The zero-order valence-electron chi connectivity index (χ0n) is 12.7. The van der Waals surface area contributed by atoms with E-state index in [2.05, 4.69) is 10.2 Å². The van der Waals surface area contributed by atoms with Gasteiger partial charge in [-0.15, -0.1) is 0 Å². The van der Waals surface area contributed by atoms with Crippen molar-refractivity contribution in [3.05, 3.63) is 35.4 Å². The smallest absolute Gasteiger partial charge is 0.314 e. The van der Waals surface area contributed by atoms with E-state index in [0.29, 0.717) is 6.04 Å². The molecule has 0 aromatic heterocycles. The maximum absolute atomic E-state index is 12.6. The van der Waals surface area contributed by atoms with Crippen molar-refractivity contribution >= 4 is 0 Å². The summed E-state index contributed by atoms with van der Waals surface area (Å²) in [6.07, 6.45) is 0.724. The maximum Gasteiger partial charge on any atom is 0.416 e. The molecular formula is C17H23F3N2. The fourth-order valence-electron chi connectivity index (χ4n) is 3.68. The maximum atomic E-state index is 12.6. The van der Waals surface area contributed by atoms with Crippen LogP contribution >= 0.6 is 0 Å². The number of alkyl halides is 3. The van der Waals surface area contributed by atoms with E-state index >= 15 is 0 Å². The topological polar surface area (TPSA) is 15.3 Å². The number of benzene rings is 1. The lowest BCUT2D eigenvalue weighted by atomic mass is 9.88. The van der Waals surface area contributed by atoms with Gasteiger partial charge >= 0.3 is 6.18 Å². The van der Waals surface area contributed by atoms with E-state index in [1.807, 2.05) is 0 Å². The van der Waals surface area contributed by atoms with Crippen molar-refractivity contribution in [2.75, 3.05) is 19.6 Å². The summed E-state index contributed by atoms with van der Waals surface area (Å²) in [6, 6.07) is 6.27. The van der Waals surface area contributed by atoms with Gasteiger partial charge in [-0.1, -0.05) is 12.1 Å². The Kier molecular flexibility index (Phi) is 4.73. The highest BCUT2D eigenvalue weighted by Gasteiger charge is 2.30. The molecule has 22 heavy (non-hydrogen) atoms. The molecule has 2 nitrogen and oxygen atoms in total. The fraction of sp³-hybridized carbons (Fsp3) is 0.647. The Morgan fingerprint density at radius 1 is 1.05 bits per heavy atom. The number of nitrogens with zero attached hydrogens (tertiary/aromatic N) is 1. The zero-order valence-corrected chi connectivity index (χ0v) is 12.7. The molecule has 1 N–H and O–H groups in total. The molecule has 1 aromatic carbocycles. The van der Waals surface area contributed by atoms with Crippen LogP contribution in [-0.4, -0.2) is 30.6 Å². The Morgan fingerprint density at radius 3 is 2.27 bits per heavy atom. The van der Waals surface area contributed by atoms with Crippen molar-refractivity contribution < 1.29 is 13.2 Å². The summed E-state index contributed by atoms with van der Waals surface area (Å²) in [5.41, 5.74) is 0.396. The predicted octanol–water partition coefficient (Wildman–Crippen LogP) is 3.67. The van der Waals surface area contributed by atoms with E-state index in [9.17, 15) is 13.2 Å². The van der Waals surface area contributed by atoms with Crippen molar-refractivity contribution in [2.24, 2.45) is 5.92 Å². The van der Waals surface area contributed by atoms with E-state index in [4.69, 9.17) is 0 Å². The number of hydrogen-bond donors (Lipinski definition) is 1. The lowest BCUT2D eigenvalue weighted by Crippen LogP contribution is -2.40. The Bertz CT molecular complexity index is 470. The molecule has 2 heterocycles. The Hall–Kier alpha value is -1.07. The minimum atomic E-state index is -4.24. The molecule has 0 bridgehead atoms.